The van der Waals surface area contributed by atoms with Crippen LogP contribution in [0.3, 0.4) is 0 Å². The summed E-state index contributed by atoms with van der Waals surface area (Å²) in [5.41, 5.74) is 4.63. The van der Waals surface area contributed by atoms with Crippen molar-refractivity contribution in [3.63, 3.8) is 0 Å². The van der Waals surface area contributed by atoms with Crippen LogP contribution in [0.2, 0.25) is 0 Å². The van der Waals surface area contributed by atoms with Crippen molar-refractivity contribution in [3.05, 3.63) is 90.5 Å². The van der Waals surface area contributed by atoms with Crippen LogP contribution in [-0.4, -0.2) is 20.9 Å². The summed E-state index contributed by atoms with van der Waals surface area (Å²) in [5.74, 6) is 1.14. The molecule has 4 aromatic carbocycles. The Morgan fingerprint density at radius 3 is 2.58 bits per heavy atom. The molecule has 1 N–H and O–H groups in total. The number of imidazole rings is 1. The van der Waals surface area contributed by atoms with Crippen LogP contribution in [0.4, 0.5) is 5.69 Å². The summed E-state index contributed by atoms with van der Waals surface area (Å²) < 4.78 is 2.26. The van der Waals surface area contributed by atoms with Gasteiger partial charge in [-0.15, -0.1) is 0 Å². The van der Waals surface area contributed by atoms with Crippen molar-refractivity contribution < 1.29 is 5.11 Å². The van der Waals surface area contributed by atoms with Gasteiger partial charge >= 0.3 is 0 Å². The second kappa shape index (κ2) is 8.07. The number of para-hydroxylation sites is 3. The molecule has 0 saturated heterocycles. The quantitative estimate of drug-likeness (QED) is 0.330. The maximum atomic E-state index is 10.5. The van der Waals surface area contributed by atoms with E-state index in [0.29, 0.717) is 0 Å². The Morgan fingerprint density at radius 2 is 1.68 bits per heavy atom. The number of aliphatic imine (C=N–C) groups is 1. The third kappa shape index (κ3) is 3.46. The first-order chi connectivity index (χ1) is 15.3. The number of phenols is 1. The van der Waals surface area contributed by atoms with Crippen molar-refractivity contribution in [1.29, 1.82) is 0 Å². The van der Waals surface area contributed by atoms with E-state index in [0.717, 1.165) is 57.4 Å². The highest BCUT2D eigenvalue weighted by Crippen LogP contribution is 2.33. The Hall–Kier alpha value is -3.92. The van der Waals surface area contributed by atoms with Gasteiger partial charge in [-0.3, -0.25) is 4.99 Å². The standard InChI is InChI=1S/C27H23N3O/c1-2-17-30-25-14-8-7-13-24(25)29-27(30)21-11-5-6-12-23(21)28-18-22-20-10-4-3-9-19(20)15-16-26(22)31/h3-16,18,31H,2,17H2,1H3. The van der Waals surface area contributed by atoms with Gasteiger partial charge in [-0.1, -0.05) is 61.5 Å². The molecule has 0 spiro atoms. The second-order valence-corrected chi connectivity index (χ2v) is 7.57. The molecule has 4 heteroatoms. The molecule has 0 fully saturated rings. The Morgan fingerprint density at radius 1 is 0.903 bits per heavy atom. The second-order valence-electron chi connectivity index (χ2n) is 7.57. The summed E-state index contributed by atoms with van der Waals surface area (Å²) in [7, 11) is 0. The zero-order valence-corrected chi connectivity index (χ0v) is 17.4. The fraction of sp³-hybridized carbons (Fsp3) is 0.111. The Balaban J connectivity index is 1.65. The average Bonchev–Trinajstić information content (AvgIpc) is 3.17. The van der Waals surface area contributed by atoms with Gasteiger partial charge < -0.3 is 9.67 Å². The molecule has 4 nitrogen and oxygen atoms in total. The SMILES string of the molecule is CCCn1c(-c2ccccc2N=Cc2c(O)ccc3ccccc23)nc2ccccc21. The molecule has 0 saturated carbocycles. The third-order valence-corrected chi connectivity index (χ3v) is 5.53. The van der Waals surface area contributed by atoms with Crippen LogP contribution in [0, 0.1) is 0 Å². The van der Waals surface area contributed by atoms with E-state index in [4.69, 9.17) is 9.98 Å². The highest BCUT2D eigenvalue weighted by atomic mass is 16.3. The summed E-state index contributed by atoms with van der Waals surface area (Å²) in [6.07, 6.45) is 2.77. The number of benzene rings is 4. The van der Waals surface area contributed by atoms with Crippen LogP contribution in [-0.2, 0) is 6.54 Å². The van der Waals surface area contributed by atoms with Gasteiger partial charge in [-0.2, -0.15) is 0 Å². The maximum Gasteiger partial charge on any atom is 0.143 e. The van der Waals surface area contributed by atoms with Gasteiger partial charge in [0.25, 0.3) is 0 Å². The minimum absolute atomic E-state index is 0.221. The van der Waals surface area contributed by atoms with Crippen LogP contribution >= 0.6 is 0 Å². The first kappa shape index (κ1) is 19.1. The first-order valence-electron chi connectivity index (χ1n) is 10.6. The number of aryl methyl sites for hydroxylation is 1. The lowest BCUT2D eigenvalue weighted by Crippen LogP contribution is -1.99. The van der Waals surface area contributed by atoms with Crippen LogP contribution in [0.25, 0.3) is 33.2 Å². The zero-order valence-electron chi connectivity index (χ0n) is 17.4. The molecule has 0 aliphatic heterocycles. The molecule has 0 unspecified atom stereocenters. The molecular weight excluding hydrogens is 382 g/mol. The highest BCUT2D eigenvalue weighted by Gasteiger charge is 2.14. The average molecular weight is 406 g/mol. The van der Waals surface area contributed by atoms with Crippen LogP contribution < -0.4 is 0 Å². The van der Waals surface area contributed by atoms with Gasteiger partial charge in [0.05, 0.1) is 16.7 Å². The third-order valence-electron chi connectivity index (χ3n) is 5.53. The molecule has 152 valence electrons. The first-order valence-corrected chi connectivity index (χ1v) is 10.6. The van der Waals surface area contributed by atoms with Crippen molar-refractivity contribution in [3.8, 4) is 17.1 Å². The lowest BCUT2D eigenvalue weighted by molar-refractivity contribution is 0.475. The largest absolute Gasteiger partial charge is 0.507 e. The van der Waals surface area contributed by atoms with Crippen molar-refractivity contribution in [2.75, 3.05) is 0 Å². The van der Waals surface area contributed by atoms with Crippen LogP contribution in [0.5, 0.6) is 5.75 Å². The van der Waals surface area contributed by atoms with E-state index in [2.05, 4.69) is 23.6 Å². The van der Waals surface area contributed by atoms with Gasteiger partial charge in [0, 0.05) is 23.9 Å². The Labute approximate surface area is 181 Å². The van der Waals surface area contributed by atoms with Gasteiger partial charge in [0.2, 0.25) is 0 Å². The lowest BCUT2D eigenvalue weighted by Gasteiger charge is -2.10. The number of fused-ring (bicyclic) bond motifs is 2. The zero-order chi connectivity index (χ0) is 21.2. The number of nitrogens with zero attached hydrogens (tertiary/aromatic N) is 3. The predicted molar refractivity (Wildman–Crippen MR) is 128 cm³/mol. The highest BCUT2D eigenvalue weighted by molar-refractivity contribution is 6.03. The van der Waals surface area contributed by atoms with Crippen LogP contribution in [0.15, 0.2) is 89.9 Å². The van der Waals surface area contributed by atoms with Crippen molar-refractivity contribution in [2.45, 2.75) is 19.9 Å². The summed E-state index contributed by atoms with van der Waals surface area (Å²) in [5, 5.41) is 12.5. The molecule has 0 amide bonds. The summed E-state index contributed by atoms with van der Waals surface area (Å²) in [4.78, 5) is 9.72. The minimum Gasteiger partial charge on any atom is -0.507 e. The molecule has 0 aliphatic rings. The van der Waals surface area contributed by atoms with Gasteiger partial charge in [-0.05, 0) is 47.5 Å². The Kier molecular flexibility index (Phi) is 4.97. The number of hydrogen-bond acceptors (Lipinski definition) is 3. The molecule has 0 bridgehead atoms. The number of aromatic nitrogens is 2. The molecule has 31 heavy (non-hydrogen) atoms. The van der Waals surface area contributed by atoms with Crippen molar-refractivity contribution in [1.82, 2.24) is 9.55 Å². The van der Waals surface area contributed by atoms with E-state index < -0.39 is 0 Å². The molecule has 1 heterocycles. The molecule has 5 rings (SSSR count). The molecular formula is C27H23N3O. The summed E-state index contributed by atoms with van der Waals surface area (Å²) in [6.45, 7) is 3.06. The van der Waals surface area contributed by atoms with E-state index >= 15 is 0 Å². The fourth-order valence-corrected chi connectivity index (χ4v) is 4.06. The summed E-state index contributed by atoms with van der Waals surface area (Å²) in [6, 6.07) is 27.9. The Bertz CT molecular complexity index is 1410. The van der Waals surface area contributed by atoms with E-state index in [1.807, 2.05) is 66.7 Å². The number of rotatable bonds is 5. The van der Waals surface area contributed by atoms with Gasteiger partial charge in [0.15, 0.2) is 0 Å². The topological polar surface area (TPSA) is 50.4 Å². The van der Waals surface area contributed by atoms with Gasteiger partial charge in [-0.25, -0.2) is 4.98 Å². The smallest absolute Gasteiger partial charge is 0.143 e. The molecule has 0 radical (unpaired) electrons. The van der Waals surface area contributed by atoms with Crippen molar-refractivity contribution in [2.24, 2.45) is 4.99 Å². The van der Waals surface area contributed by atoms with Gasteiger partial charge in [0.1, 0.15) is 11.6 Å². The van der Waals surface area contributed by atoms with Crippen LogP contribution in [0.1, 0.15) is 18.9 Å². The molecule has 1 aromatic heterocycles. The lowest BCUT2D eigenvalue weighted by atomic mass is 10.0. The van der Waals surface area contributed by atoms with Crippen molar-refractivity contribution >= 4 is 33.7 Å². The number of hydrogen-bond donors (Lipinski definition) is 1. The number of aromatic hydroxyl groups is 1. The fourth-order valence-electron chi connectivity index (χ4n) is 4.06. The minimum atomic E-state index is 0.221. The molecule has 5 aromatic rings. The normalized spacial score (nSPS) is 11.6. The maximum absolute atomic E-state index is 10.5. The summed E-state index contributed by atoms with van der Waals surface area (Å²) >= 11 is 0. The van der Waals surface area contributed by atoms with E-state index in [1.54, 1.807) is 12.3 Å². The predicted octanol–water partition coefficient (Wildman–Crippen LogP) is 6.72. The van der Waals surface area contributed by atoms with E-state index in [1.165, 1.54) is 0 Å². The monoisotopic (exact) mass is 405 g/mol. The van der Waals surface area contributed by atoms with E-state index in [9.17, 15) is 5.11 Å². The molecule has 0 aliphatic carbocycles. The number of phenolic OH excluding ortho intramolecular Hbond substituents is 1. The molecule has 0 atom stereocenters. The van der Waals surface area contributed by atoms with E-state index in [-0.39, 0.29) is 5.75 Å².